The van der Waals surface area contributed by atoms with E-state index in [0.29, 0.717) is 11.8 Å². The van der Waals surface area contributed by atoms with E-state index in [2.05, 4.69) is 24.0 Å². The number of carboxylic acid groups (broad SMARTS) is 1. The third-order valence-electron chi connectivity index (χ3n) is 2.63. The van der Waals surface area contributed by atoms with Gasteiger partial charge >= 0.3 is 5.97 Å². The molecule has 0 amide bonds. The molecule has 0 unspecified atom stereocenters. The molecule has 1 aromatic heterocycles. The van der Waals surface area contributed by atoms with Gasteiger partial charge in [0.05, 0.1) is 0 Å². The van der Waals surface area contributed by atoms with Gasteiger partial charge in [0.2, 0.25) is 11.8 Å². The topological polar surface area (TPSA) is 76.2 Å². The molecular formula is C14H14N2O3. The lowest BCUT2D eigenvalue weighted by atomic mass is 10.0. The molecule has 0 spiro atoms. The Bertz CT molecular complexity index is 597. The van der Waals surface area contributed by atoms with Gasteiger partial charge in [0.1, 0.15) is 0 Å². The Morgan fingerprint density at radius 3 is 2.53 bits per heavy atom. The van der Waals surface area contributed by atoms with E-state index < -0.39 is 5.97 Å². The number of benzene rings is 1. The van der Waals surface area contributed by atoms with Crippen LogP contribution in [0.5, 0.6) is 0 Å². The molecule has 0 saturated heterocycles. The largest absolute Gasteiger partial charge is 0.478 e. The second kappa shape index (κ2) is 5.48. The van der Waals surface area contributed by atoms with Gasteiger partial charge in [-0.1, -0.05) is 26.0 Å². The summed E-state index contributed by atoms with van der Waals surface area (Å²) in [5, 5.41) is 16.1. The molecule has 0 atom stereocenters. The van der Waals surface area contributed by atoms with Crippen LogP contribution in [-0.4, -0.2) is 21.3 Å². The van der Waals surface area contributed by atoms with Crippen LogP contribution in [0.4, 0.5) is 0 Å². The lowest BCUT2D eigenvalue weighted by Crippen LogP contribution is -1.86. The highest BCUT2D eigenvalue weighted by Crippen LogP contribution is 2.21. The standard InChI is InChI=1S/C14H14N2O3/c1-9(2)10-3-5-11(6-4-10)14-16-15-12(19-14)7-8-13(17)18/h3-9H,1-2H3,(H,17,18)/b8-7+. The van der Waals surface area contributed by atoms with E-state index in [4.69, 9.17) is 9.52 Å². The zero-order chi connectivity index (χ0) is 13.8. The second-order valence-electron chi connectivity index (χ2n) is 4.39. The van der Waals surface area contributed by atoms with Crippen LogP contribution in [0.3, 0.4) is 0 Å². The van der Waals surface area contributed by atoms with Gasteiger partial charge in [0.25, 0.3) is 0 Å². The van der Waals surface area contributed by atoms with Gasteiger partial charge in [-0.15, -0.1) is 10.2 Å². The van der Waals surface area contributed by atoms with Crippen molar-refractivity contribution in [3.63, 3.8) is 0 Å². The quantitative estimate of drug-likeness (QED) is 0.853. The smallest absolute Gasteiger partial charge is 0.328 e. The van der Waals surface area contributed by atoms with Crippen molar-refractivity contribution < 1.29 is 14.3 Å². The van der Waals surface area contributed by atoms with Gasteiger partial charge in [-0.05, 0) is 23.6 Å². The maximum absolute atomic E-state index is 10.4. The van der Waals surface area contributed by atoms with Gasteiger partial charge in [-0.3, -0.25) is 0 Å². The molecule has 19 heavy (non-hydrogen) atoms. The minimum atomic E-state index is -1.05. The van der Waals surface area contributed by atoms with Crippen molar-refractivity contribution >= 4 is 12.0 Å². The molecule has 0 aliphatic carbocycles. The number of carboxylic acids is 1. The lowest BCUT2D eigenvalue weighted by Gasteiger charge is -2.04. The summed E-state index contributed by atoms with van der Waals surface area (Å²) in [6.07, 6.45) is 2.22. The fraction of sp³-hybridized carbons (Fsp3) is 0.214. The molecule has 0 bridgehead atoms. The van der Waals surface area contributed by atoms with E-state index in [1.165, 1.54) is 11.6 Å². The molecule has 0 aliphatic heterocycles. The van der Waals surface area contributed by atoms with Gasteiger partial charge in [0, 0.05) is 17.7 Å². The molecule has 1 aromatic carbocycles. The summed E-state index contributed by atoms with van der Waals surface area (Å²) in [6.45, 7) is 4.24. The van der Waals surface area contributed by atoms with E-state index >= 15 is 0 Å². The number of rotatable bonds is 4. The maximum atomic E-state index is 10.4. The molecule has 0 radical (unpaired) electrons. The van der Waals surface area contributed by atoms with Crippen molar-refractivity contribution in [2.45, 2.75) is 19.8 Å². The SMILES string of the molecule is CC(C)c1ccc(-c2nnc(/C=C/C(=O)O)o2)cc1. The van der Waals surface area contributed by atoms with Crippen molar-refractivity contribution in [2.75, 3.05) is 0 Å². The van der Waals surface area contributed by atoms with Crippen molar-refractivity contribution in [2.24, 2.45) is 0 Å². The lowest BCUT2D eigenvalue weighted by molar-refractivity contribution is -0.131. The van der Waals surface area contributed by atoms with Crippen LogP contribution < -0.4 is 0 Å². The van der Waals surface area contributed by atoms with Crippen LogP contribution in [0.25, 0.3) is 17.5 Å². The number of aromatic nitrogens is 2. The summed E-state index contributed by atoms with van der Waals surface area (Å²) < 4.78 is 5.35. The van der Waals surface area contributed by atoms with Crippen LogP contribution in [0.2, 0.25) is 0 Å². The molecule has 0 aliphatic rings. The van der Waals surface area contributed by atoms with Crippen molar-refractivity contribution in [3.8, 4) is 11.5 Å². The Hall–Kier alpha value is -2.43. The third kappa shape index (κ3) is 3.28. The maximum Gasteiger partial charge on any atom is 0.328 e. The van der Waals surface area contributed by atoms with Crippen molar-refractivity contribution in [1.29, 1.82) is 0 Å². The fourth-order valence-electron chi connectivity index (χ4n) is 1.57. The zero-order valence-corrected chi connectivity index (χ0v) is 10.7. The summed E-state index contributed by atoms with van der Waals surface area (Å²) in [7, 11) is 0. The normalized spacial score (nSPS) is 11.3. The number of carbonyl (C=O) groups is 1. The van der Waals surface area contributed by atoms with E-state index in [1.807, 2.05) is 24.3 Å². The van der Waals surface area contributed by atoms with Crippen molar-refractivity contribution in [1.82, 2.24) is 10.2 Å². The first kappa shape index (κ1) is 13.0. The molecular weight excluding hydrogens is 244 g/mol. The van der Waals surface area contributed by atoms with Crippen LogP contribution in [0.15, 0.2) is 34.8 Å². The Kier molecular flexibility index (Phi) is 3.75. The van der Waals surface area contributed by atoms with Crippen LogP contribution in [0, 0.1) is 0 Å². The first-order chi connectivity index (χ1) is 9.06. The molecule has 5 heteroatoms. The van der Waals surface area contributed by atoms with Crippen LogP contribution in [-0.2, 0) is 4.79 Å². The first-order valence-electron chi connectivity index (χ1n) is 5.91. The monoisotopic (exact) mass is 258 g/mol. The molecule has 2 rings (SSSR count). The van der Waals surface area contributed by atoms with Gasteiger partial charge < -0.3 is 9.52 Å². The first-order valence-corrected chi connectivity index (χ1v) is 5.91. The average molecular weight is 258 g/mol. The number of nitrogens with zero attached hydrogens (tertiary/aromatic N) is 2. The van der Waals surface area contributed by atoms with Gasteiger partial charge in [0.15, 0.2) is 0 Å². The van der Waals surface area contributed by atoms with Crippen molar-refractivity contribution in [3.05, 3.63) is 41.8 Å². The van der Waals surface area contributed by atoms with Crippen LogP contribution in [0.1, 0.15) is 31.2 Å². The third-order valence-corrected chi connectivity index (χ3v) is 2.63. The minimum Gasteiger partial charge on any atom is -0.478 e. The molecule has 5 nitrogen and oxygen atoms in total. The van der Waals surface area contributed by atoms with E-state index in [-0.39, 0.29) is 5.89 Å². The highest BCUT2D eigenvalue weighted by atomic mass is 16.4. The number of hydrogen-bond donors (Lipinski definition) is 1. The van der Waals surface area contributed by atoms with E-state index in [9.17, 15) is 4.79 Å². The molecule has 1 heterocycles. The molecule has 0 saturated carbocycles. The van der Waals surface area contributed by atoms with E-state index in [0.717, 1.165) is 11.6 Å². The molecule has 98 valence electrons. The number of aliphatic carboxylic acids is 1. The summed E-state index contributed by atoms with van der Waals surface area (Å²) in [6, 6.07) is 7.84. The fourth-order valence-corrected chi connectivity index (χ4v) is 1.57. The summed E-state index contributed by atoms with van der Waals surface area (Å²) in [5.41, 5.74) is 2.04. The zero-order valence-electron chi connectivity index (χ0n) is 10.7. The predicted octanol–water partition coefficient (Wildman–Crippen LogP) is 2.96. The Morgan fingerprint density at radius 1 is 1.26 bits per heavy atom. The highest BCUT2D eigenvalue weighted by molar-refractivity contribution is 5.84. The van der Waals surface area contributed by atoms with Gasteiger partial charge in [-0.2, -0.15) is 0 Å². The predicted molar refractivity (Wildman–Crippen MR) is 70.5 cm³/mol. The minimum absolute atomic E-state index is 0.172. The Labute approximate surface area is 110 Å². The van der Waals surface area contributed by atoms with E-state index in [1.54, 1.807) is 0 Å². The summed E-state index contributed by atoms with van der Waals surface area (Å²) >= 11 is 0. The summed E-state index contributed by atoms with van der Waals surface area (Å²) in [5.74, 6) is -0.0440. The summed E-state index contributed by atoms with van der Waals surface area (Å²) in [4.78, 5) is 10.4. The number of hydrogen-bond acceptors (Lipinski definition) is 4. The second-order valence-corrected chi connectivity index (χ2v) is 4.39. The molecule has 2 aromatic rings. The van der Waals surface area contributed by atoms with Crippen LogP contribution >= 0.6 is 0 Å². The molecule has 1 N–H and O–H groups in total. The highest BCUT2D eigenvalue weighted by Gasteiger charge is 2.07. The average Bonchev–Trinajstić information content (AvgIpc) is 2.85. The molecule has 0 fully saturated rings. The Balaban J connectivity index is 2.20. The Morgan fingerprint density at radius 2 is 1.95 bits per heavy atom. The van der Waals surface area contributed by atoms with Gasteiger partial charge in [-0.25, -0.2) is 4.79 Å².